The molecule has 0 spiro atoms. The van der Waals surface area contributed by atoms with Crippen molar-refractivity contribution < 1.29 is 9.90 Å². The molecule has 2 saturated carbocycles. The van der Waals surface area contributed by atoms with Gasteiger partial charge in [0.15, 0.2) is 0 Å². The Kier molecular flexibility index (Phi) is 4.70. The largest absolute Gasteiger partial charge is 0.508 e. The second-order valence-corrected chi connectivity index (χ2v) is 6.99. The zero-order valence-corrected chi connectivity index (χ0v) is 13.3. The van der Waals surface area contributed by atoms with Crippen LogP contribution in [0.15, 0.2) is 12.1 Å². The van der Waals surface area contributed by atoms with Gasteiger partial charge in [-0.25, -0.2) is 0 Å². The Hall–Kier alpha value is -1.51. The molecule has 3 nitrogen and oxygen atoms in total. The number of hydrogen-bond donors (Lipinski definition) is 2. The van der Waals surface area contributed by atoms with Crippen molar-refractivity contribution in [2.45, 2.75) is 76.0 Å². The van der Waals surface area contributed by atoms with Gasteiger partial charge in [0, 0.05) is 11.1 Å². The molecule has 0 radical (unpaired) electrons. The number of amides is 1. The van der Waals surface area contributed by atoms with Crippen molar-refractivity contribution in [1.29, 1.82) is 0 Å². The van der Waals surface area contributed by atoms with E-state index < -0.39 is 0 Å². The average molecular weight is 301 g/mol. The first-order chi connectivity index (χ1) is 10.7. The second kappa shape index (κ2) is 6.72. The molecule has 2 fully saturated rings. The molecular weight excluding hydrogens is 274 g/mol. The lowest BCUT2D eigenvalue weighted by Gasteiger charge is -2.31. The van der Waals surface area contributed by atoms with E-state index in [-0.39, 0.29) is 5.91 Å². The number of phenolic OH excluding ortho intramolecular Hbond substituents is 1. The lowest BCUT2D eigenvalue weighted by molar-refractivity contribution is 0.0998. The Morgan fingerprint density at radius 1 is 0.864 bits per heavy atom. The molecule has 1 amide bonds. The number of carbonyl (C=O) groups excluding carboxylic acids is 1. The third kappa shape index (κ3) is 2.99. The smallest absolute Gasteiger partial charge is 0.249 e. The van der Waals surface area contributed by atoms with Gasteiger partial charge in [-0.2, -0.15) is 0 Å². The molecule has 2 aliphatic rings. The Morgan fingerprint density at radius 3 is 1.86 bits per heavy atom. The van der Waals surface area contributed by atoms with Crippen LogP contribution in [0.5, 0.6) is 5.75 Å². The zero-order chi connectivity index (χ0) is 15.5. The molecule has 22 heavy (non-hydrogen) atoms. The maximum Gasteiger partial charge on any atom is 0.249 e. The molecule has 3 N–H and O–H groups in total. The number of nitrogens with two attached hydrogens (primary N) is 1. The van der Waals surface area contributed by atoms with Gasteiger partial charge in [-0.15, -0.1) is 0 Å². The summed E-state index contributed by atoms with van der Waals surface area (Å²) >= 11 is 0. The predicted molar refractivity (Wildman–Crippen MR) is 88.3 cm³/mol. The molecule has 1 aromatic carbocycles. The molecule has 3 heteroatoms. The molecule has 0 atom stereocenters. The molecule has 0 unspecified atom stereocenters. The maximum absolute atomic E-state index is 12.0. The minimum Gasteiger partial charge on any atom is -0.508 e. The van der Waals surface area contributed by atoms with Gasteiger partial charge in [0.2, 0.25) is 5.91 Å². The predicted octanol–water partition coefficient (Wildman–Crippen LogP) is 4.59. The Balaban J connectivity index is 2.08. The molecule has 0 saturated heterocycles. The molecule has 0 aliphatic heterocycles. The quantitative estimate of drug-likeness (QED) is 0.858. The average Bonchev–Trinajstić information content (AvgIpc) is 2.56. The van der Waals surface area contributed by atoms with E-state index in [1.54, 1.807) is 12.1 Å². The number of rotatable bonds is 3. The number of hydrogen-bond acceptors (Lipinski definition) is 2. The Labute approximate surface area is 132 Å². The van der Waals surface area contributed by atoms with E-state index in [9.17, 15) is 9.90 Å². The molecule has 0 bridgehead atoms. The first-order valence-corrected chi connectivity index (χ1v) is 8.84. The summed E-state index contributed by atoms with van der Waals surface area (Å²) in [4.78, 5) is 12.0. The van der Waals surface area contributed by atoms with Crippen molar-refractivity contribution in [2.24, 2.45) is 5.73 Å². The number of phenols is 1. The monoisotopic (exact) mass is 301 g/mol. The summed E-state index contributed by atoms with van der Waals surface area (Å²) in [5.74, 6) is 0.806. The Morgan fingerprint density at radius 2 is 1.36 bits per heavy atom. The lowest BCUT2D eigenvalue weighted by atomic mass is 9.74. The highest BCUT2D eigenvalue weighted by atomic mass is 16.3. The van der Waals surface area contributed by atoms with Crippen LogP contribution in [0.1, 0.15) is 97.5 Å². The van der Waals surface area contributed by atoms with Crippen molar-refractivity contribution >= 4 is 5.91 Å². The van der Waals surface area contributed by atoms with E-state index in [1.165, 1.54) is 38.5 Å². The van der Waals surface area contributed by atoms with Crippen LogP contribution in [0, 0.1) is 0 Å². The van der Waals surface area contributed by atoms with Crippen LogP contribution in [0.2, 0.25) is 0 Å². The zero-order valence-electron chi connectivity index (χ0n) is 13.3. The molecule has 0 aromatic heterocycles. The fourth-order valence-electron chi connectivity index (χ4n) is 4.49. The fraction of sp³-hybridized carbons (Fsp3) is 0.632. The van der Waals surface area contributed by atoms with Crippen molar-refractivity contribution in [1.82, 2.24) is 0 Å². The molecule has 2 aliphatic carbocycles. The number of carbonyl (C=O) groups is 1. The highest BCUT2D eigenvalue weighted by Crippen LogP contribution is 2.45. The third-order valence-corrected chi connectivity index (χ3v) is 5.56. The molecule has 1 aromatic rings. The van der Waals surface area contributed by atoms with Crippen LogP contribution in [0.3, 0.4) is 0 Å². The highest BCUT2D eigenvalue weighted by molar-refractivity contribution is 5.95. The lowest BCUT2D eigenvalue weighted by Crippen LogP contribution is -2.20. The molecule has 3 rings (SSSR count). The SMILES string of the molecule is NC(=O)c1ccc(O)c(C2CCCCC2)c1C1CCCCC1. The highest BCUT2D eigenvalue weighted by Gasteiger charge is 2.29. The van der Waals surface area contributed by atoms with E-state index in [2.05, 4.69) is 0 Å². The second-order valence-electron chi connectivity index (χ2n) is 6.99. The van der Waals surface area contributed by atoms with Crippen LogP contribution in [0.4, 0.5) is 0 Å². The number of benzene rings is 1. The maximum atomic E-state index is 12.0. The summed E-state index contributed by atoms with van der Waals surface area (Å²) in [5, 5.41) is 10.5. The van der Waals surface area contributed by atoms with Gasteiger partial charge in [-0.05, 0) is 55.2 Å². The van der Waals surface area contributed by atoms with Crippen LogP contribution < -0.4 is 5.73 Å². The first kappa shape index (κ1) is 15.4. The van der Waals surface area contributed by atoms with E-state index in [1.807, 2.05) is 0 Å². The van der Waals surface area contributed by atoms with Gasteiger partial charge in [-0.1, -0.05) is 38.5 Å². The first-order valence-electron chi connectivity index (χ1n) is 8.84. The molecule has 0 heterocycles. The van der Waals surface area contributed by atoms with Crippen molar-refractivity contribution in [2.75, 3.05) is 0 Å². The summed E-state index contributed by atoms with van der Waals surface area (Å²) in [5.41, 5.74) is 8.42. The van der Waals surface area contributed by atoms with E-state index >= 15 is 0 Å². The number of aromatic hydroxyl groups is 1. The van der Waals surface area contributed by atoms with E-state index in [4.69, 9.17) is 5.73 Å². The van der Waals surface area contributed by atoms with Gasteiger partial charge in [0.05, 0.1) is 0 Å². The summed E-state index contributed by atoms with van der Waals surface area (Å²) in [6.45, 7) is 0. The minimum atomic E-state index is -0.349. The third-order valence-electron chi connectivity index (χ3n) is 5.56. The number of primary amides is 1. The van der Waals surface area contributed by atoms with Crippen LogP contribution in [-0.2, 0) is 0 Å². The standard InChI is InChI=1S/C19H27NO2/c20-19(22)15-11-12-16(21)18(14-9-5-2-6-10-14)17(15)13-7-3-1-4-8-13/h11-14,21H,1-10H2,(H2,20,22). The van der Waals surface area contributed by atoms with Gasteiger partial charge < -0.3 is 10.8 Å². The summed E-state index contributed by atoms with van der Waals surface area (Å²) in [6, 6.07) is 3.41. The summed E-state index contributed by atoms with van der Waals surface area (Å²) in [7, 11) is 0. The van der Waals surface area contributed by atoms with Crippen molar-refractivity contribution in [3.63, 3.8) is 0 Å². The van der Waals surface area contributed by atoms with Gasteiger partial charge in [0.1, 0.15) is 5.75 Å². The normalized spacial score (nSPS) is 20.9. The van der Waals surface area contributed by atoms with E-state index in [0.29, 0.717) is 23.1 Å². The molecular formula is C19H27NO2. The summed E-state index contributed by atoms with van der Waals surface area (Å²) < 4.78 is 0. The topological polar surface area (TPSA) is 63.3 Å². The van der Waals surface area contributed by atoms with Crippen LogP contribution in [0.25, 0.3) is 0 Å². The van der Waals surface area contributed by atoms with Crippen LogP contribution in [-0.4, -0.2) is 11.0 Å². The van der Waals surface area contributed by atoms with Crippen molar-refractivity contribution in [3.8, 4) is 5.75 Å². The fourth-order valence-corrected chi connectivity index (χ4v) is 4.49. The summed E-state index contributed by atoms with van der Waals surface area (Å²) in [6.07, 6.45) is 11.9. The molecule has 120 valence electrons. The van der Waals surface area contributed by atoms with Crippen molar-refractivity contribution in [3.05, 3.63) is 28.8 Å². The van der Waals surface area contributed by atoms with Crippen LogP contribution >= 0.6 is 0 Å². The van der Waals surface area contributed by atoms with Gasteiger partial charge in [-0.3, -0.25) is 4.79 Å². The minimum absolute atomic E-state index is 0.349. The Bertz CT molecular complexity index is 541. The van der Waals surface area contributed by atoms with Gasteiger partial charge in [0.25, 0.3) is 0 Å². The van der Waals surface area contributed by atoms with E-state index in [0.717, 1.165) is 36.8 Å². The van der Waals surface area contributed by atoms with Gasteiger partial charge >= 0.3 is 0 Å².